The molecule has 1 aliphatic rings. The summed E-state index contributed by atoms with van der Waals surface area (Å²) in [6.07, 6.45) is -2.93. The summed E-state index contributed by atoms with van der Waals surface area (Å²) in [5.74, 6) is -1.49. The Morgan fingerprint density at radius 3 is 2.35 bits per heavy atom. The molecule has 2 aromatic heterocycles. The number of ether oxygens (including phenoxy) is 2. The second-order valence-electron chi connectivity index (χ2n) is 11.9. The van der Waals surface area contributed by atoms with Crippen molar-refractivity contribution >= 4 is 15.7 Å². The Bertz CT molecular complexity index is 2240. The summed E-state index contributed by atoms with van der Waals surface area (Å²) in [5, 5.41) is 14.2. The molecule has 1 aliphatic heterocycles. The van der Waals surface area contributed by atoms with E-state index in [2.05, 4.69) is 19.6 Å². The zero-order valence-corrected chi connectivity index (χ0v) is 27.1. The molecule has 0 unspecified atom stereocenters. The third-order valence-electron chi connectivity index (χ3n) is 8.13. The number of oxazole rings is 1. The third-order valence-corrected chi connectivity index (χ3v) is 9.29. The first-order chi connectivity index (χ1) is 22.4. The normalized spacial score (nSPS) is 14.0. The summed E-state index contributed by atoms with van der Waals surface area (Å²) in [7, 11) is -2.28. The van der Waals surface area contributed by atoms with Gasteiger partial charge in [0.2, 0.25) is 5.91 Å². The number of benzene rings is 3. The van der Waals surface area contributed by atoms with Crippen LogP contribution in [0.15, 0.2) is 63.9 Å². The van der Waals surface area contributed by atoms with Crippen molar-refractivity contribution in [1.29, 1.82) is 0 Å². The molecule has 250 valence electrons. The van der Waals surface area contributed by atoms with Crippen LogP contribution >= 0.6 is 0 Å². The molecule has 0 bridgehead atoms. The third kappa shape index (κ3) is 5.68. The lowest BCUT2D eigenvalue weighted by atomic mass is 9.87. The van der Waals surface area contributed by atoms with E-state index in [9.17, 15) is 27.1 Å². The molecule has 6 rings (SSSR count). The predicted molar refractivity (Wildman–Crippen MR) is 167 cm³/mol. The molecule has 0 radical (unpaired) electrons. The van der Waals surface area contributed by atoms with E-state index in [1.165, 1.54) is 24.3 Å². The zero-order valence-electron chi connectivity index (χ0n) is 26.3. The SMILES string of the molecule is Cc1nc(-c2ccc3c(c2)OC(F)(F)O3)c(-c2cc(-c3cc(F)c(CO)c(S(C)(=O)=O)c3)ccc2-c2cc(C(C)(C)C(N)=O)nn2C)o1. The van der Waals surface area contributed by atoms with Crippen molar-refractivity contribution in [2.75, 3.05) is 6.26 Å². The largest absolute Gasteiger partial charge is 0.586 e. The second-order valence-corrected chi connectivity index (χ2v) is 13.9. The fourth-order valence-corrected chi connectivity index (χ4v) is 6.40. The molecule has 0 aliphatic carbocycles. The van der Waals surface area contributed by atoms with Gasteiger partial charge >= 0.3 is 6.29 Å². The van der Waals surface area contributed by atoms with Crippen LogP contribution in [0.3, 0.4) is 0 Å². The number of sulfone groups is 1. The van der Waals surface area contributed by atoms with Crippen LogP contribution in [-0.2, 0) is 33.7 Å². The number of hydrogen-bond acceptors (Lipinski definition) is 9. The lowest BCUT2D eigenvalue weighted by molar-refractivity contribution is -0.286. The summed E-state index contributed by atoms with van der Waals surface area (Å²) >= 11 is 0. The summed E-state index contributed by atoms with van der Waals surface area (Å²) in [6.45, 7) is 4.04. The first-order valence-corrected chi connectivity index (χ1v) is 16.3. The Labute approximate surface area is 272 Å². The molecule has 5 aromatic rings. The Morgan fingerprint density at radius 1 is 1.00 bits per heavy atom. The molecule has 3 aromatic carbocycles. The molecule has 15 heteroatoms. The van der Waals surface area contributed by atoms with Gasteiger partial charge in [0, 0.05) is 42.5 Å². The van der Waals surface area contributed by atoms with Crippen molar-refractivity contribution in [3.05, 3.63) is 77.6 Å². The van der Waals surface area contributed by atoms with Crippen LogP contribution in [0, 0.1) is 12.7 Å². The van der Waals surface area contributed by atoms with Crippen LogP contribution in [-0.4, -0.2) is 46.7 Å². The molecular formula is C33H29F3N4O7S. The maximum absolute atomic E-state index is 15.2. The number of fused-ring (bicyclic) bond motifs is 1. The van der Waals surface area contributed by atoms with Gasteiger partial charge in [-0.25, -0.2) is 17.8 Å². The van der Waals surface area contributed by atoms with E-state index in [0.29, 0.717) is 33.6 Å². The predicted octanol–water partition coefficient (Wildman–Crippen LogP) is 5.50. The number of aliphatic hydroxyl groups excluding tert-OH is 1. The molecule has 0 saturated heterocycles. The number of hydrogen-bond donors (Lipinski definition) is 2. The van der Waals surface area contributed by atoms with Gasteiger partial charge < -0.3 is 24.7 Å². The Morgan fingerprint density at radius 2 is 1.69 bits per heavy atom. The van der Waals surface area contributed by atoms with E-state index in [4.69, 9.17) is 10.2 Å². The van der Waals surface area contributed by atoms with Crippen LogP contribution in [0.1, 0.15) is 31.0 Å². The number of aliphatic hydroxyl groups is 1. The highest BCUT2D eigenvalue weighted by Gasteiger charge is 2.43. The van der Waals surface area contributed by atoms with Gasteiger partial charge in [0.25, 0.3) is 0 Å². The Balaban J connectivity index is 1.60. The summed E-state index contributed by atoms with van der Waals surface area (Å²) in [6, 6.07) is 13.2. The van der Waals surface area contributed by atoms with Gasteiger partial charge in [0.15, 0.2) is 33.0 Å². The molecular weight excluding hydrogens is 653 g/mol. The minimum absolute atomic E-state index is 0.164. The van der Waals surface area contributed by atoms with E-state index in [0.717, 1.165) is 12.3 Å². The second kappa shape index (κ2) is 11.2. The Hall–Kier alpha value is -5.15. The molecule has 11 nitrogen and oxygen atoms in total. The average Bonchev–Trinajstić information content (AvgIpc) is 3.68. The van der Waals surface area contributed by atoms with Crippen molar-refractivity contribution in [2.45, 2.75) is 44.0 Å². The van der Waals surface area contributed by atoms with Gasteiger partial charge in [-0.1, -0.05) is 12.1 Å². The van der Waals surface area contributed by atoms with Crippen molar-refractivity contribution in [3.8, 4) is 56.5 Å². The smallest absolute Gasteiger partial charge is 0.440 e. The lowest BCUT2D eigenvalue weighted by Gasteiger charge is -2.16. The number of primary amides is 1. The topological polar surface area (TPSA) is 160 Å². The van der Waals surface area contributed by atoms with E-state index < -0.39 is 39.9 Å². The fourth-order valence-electron chi connectivity index (χ4n) is 5.45. The first kappa shape index (κ1) is 32.8. The summed E-state index contributed by atoms with van der Waals surface area (Å²) < 4.78 is 84.8. The van der Waals surface area contributed by atoms with Crippen LogP contribution < -0.4 is 15.2 Å². The molecule has 1 amide bonds. The summed E-state index contributed by atoms with van der Waals surface area (Å²) in [5.41, 5.74) is 7.09. The first-order valence-electron chi connectivity index (χ1n) is 14.4. The number of aryl methyl sites for hydroxylation is 2. The zero-order chi connectivity index (χ0) is 34.9. The number of amides is 1. The minimum atomic E-state index is -3.94. The van der Waals surface area contributed by atoms with Crippen molar-refractivity contribution < 1.29 is 45.4 Å². The van der Waals surface area contributed by atoms with Crippen LogP contribution in [0.4, 0.5) is 13.2 Å². The van der Waals surface area contributed by atoms with Gasteiger partial charge in [0.1, 0.15) is 11.5 Å². The van der Waals surface area contributed by atoms with Crippen molar-refractivity contribution in [2.24, 2.45) is 12.8 Å². The van der Waals surface area contributed by atoms with E-state index in [1.807, 2.05) is 0 Å². The number of halogens is 3. The van der Waals surface area contributed by atoms with Gasteiger partial charge in [-0.2, -0.15) is 5.10 Å². The molecule has 48 heavy (non-hydrogen) atoms. The number of aromatic nitrogens is 3. The molecule has 0 spiro atoms. The molecule has 3 N–H and O–H groups in total. The number of nitrogens with zero attached hydrogens (tertiary/aromatic N) is 3. The van der Waals surface area contributed by atoms with Crippen molar-refractivity contribution in [1.82, 2.24) is 14.8 Å². The van der Waals surface area contributed by atoms with Crippen molar-refractivity contribution in [3.63, 3.8) is 0 Å². The molecule has 0 atom stereocenters. The number of carbonyl (C=O) groups excluding carboxylic acids is 1. The van der Waals surface area contributed by atoms with Crippen LogP contribution in [0.25, 0.3) is 45.0 Å². The molecule has 0 saturated carbocycles. The fraction of sp³-hybridized carbons (Fsp3) is 0.242. The number of nitrogens with two attached hydrogens (primary N) is 1. The maximum atomic E-state index is 15.2. The van der Waals surface area contributed by atoms with Gasteiger partial charge in [-0.05, 0) is 67.4 Å². The highest BCUT2D eigenvalue weighted by atomic mass is 32.2. The maximum Gasteiger partial charge on any atom is 0.586 e. The van der Waals surface area contributed by atoms with Crippen LogP contribution in [0.2, 0.25) is 0 Å². The Kier molecular flexibility index (Phi) is 7.67. The highest BCUT2D eigenvalue weighted by molar-refractivity contribution is 7.90. The summed E-state index contributed by atoms with van der Waals surface area (Å²) in [4.78, 5) is 16.4. The number of rotatable bonds is 8. The lowest BCUT2D eigenvalue weighted by Crippen LogP contribution is -2.35. The minimum Gasteiger partial charge on any atom is -0.440 e. The highest BCUT2D eigenvalue weighted by Crippen LogP contribution is 2.46. The van der Waals surface area contributed by atoms with E-state index in [-0.39, 0.29) is 44.9 Å². The quantitative estimate of drug-likeness (QED) is 0.215. The van der Waals surface area contributed by atoms with Gasteiger partial charge in [0.05, 0.1) is 28.3 Å². The number of alkyl halides is 2. The van der Waals surface area contributed by atoms with Gasteiger partial charge in [-0.3, -0.25) is 9.48 Å². The molecule has 0 fully saturated rings. The standard InChI is InChI=1S/C33H29F3N4O7S/c1-16-38-29(18-7-9-25-26(12-18)47-33(35,36)46-25)30(45-16)21-10-17(19-11-23(34)22(15-41)27(13-19)48(5,43)44)6-8-20(21)24-14-28(39-40(24)4)32(2,3)31(37)42/h6-14,41H,15H2,1-5H3,(H2,37,42). The molecule has 3 heterocycles. The number of carbonyl (C=O) groups is 1. The average molecular weight is 683 g/mol. The monoisotopic (exact) mass is 682 g/mol. The van der Waals surface area contributed by atoms with E-state index in [1.54, 1.807) is 56.8 Å². The van der Waals surface area contributed by atoms with E-state index >= 15 is 4.39 Å². The van der Waals surface area contributed by atoms with Crippen LogP contribution in [0.5, 0.6) is 11.5 Å². The van der Waals surface area contributed by atoms with Gasteiger partial charge in [-0.15, -0.1) is 8.78 Å².